The van der Waals surface area contributed by atoms with Gasteiger partial charge in [-0.15, -0.1) is 11.8 Å². The molecule has 1 heterocycles. The van der Waals surface area contributed by atoms with Gasteiger partial charge in [-0.2, -0.15) is 0 Å². The predicted octanol–water partition coefficient (Wildman–Crippen LogP) is 3.40. The quantitative estimate of drug-likeness (QED) is 0.814. The van der Waals surface area contributed by atoms with Crippen molar-refractivity contribution < 1.29 is 9.84 Å². The molecular weight excluding hydrogens is 232 g/mol. The summed E-state index contributed by atoms with van der Waals surface area (Å²) in [5, 5.41) is 9.70. The van der Waals surface area contributed by atoms with E-state index < -0.39 is 0 Å². The first-order valence-corrected chi connectivity index (χ1v) is 7.30. The Labute approximate surface area is 107 Å². The fourth-order valence-electron chi connectivity index (χ4n) is 1.99. The van der Waals surface area contributed by atoms with E-state index in [9.17, 15) is 5.11 Å². The first-order chi connectivity index (χ1) is 8.29. The highest BCUT2D eigenvalue weighted by atomic mass is 32.2. The van der Waals surface area contributed by atoms with Crippen molar-refractivity contribution in [2.75, 3.05) is 12.4 Å². The molecule has 2 rings (SSSR count). The van der Waals surface area contributed by atoms with Crippen LogP contribution in [0.3, 0.4) is 0 Å². The van der Waals surface area contributed by atoms with Gasteiger partial charge in [0.15, 0.2) is 0 Å². The van der Waals surface area contributed by atoms with Crippen molar-refractivity contribution in [2.24, 2.45) is 0 Å². The lowest BCUT2D eigenvalue weighted by Crippen LogP contribution is -2.07. The lowest BCUT2D eigenvalue weighted by Gasteiger charge is -2.10. The summed E-state index contributed by atoms with van der Waals surface area (Å²) in [7, 11) is 0. The molecule has 1 saturated heterocycles. The first-order valence-electron chi connectivity index (χ1n) is 6.32. The summed E-state index contributed by atoms with van der Waals surface area (Å²) in [5.74, 6) is 1.04. The molecule has 1 unspecified atom stereocenters. The molecule has 94 valence electrons. The number of aliphatic hydroxyl groups is 1. The standard InChI is InChI=1S/C14H20O2S/c1-2-14(15)11-5-7-13(8-6-11)17-10-12-4-3-9-16-12/h5-8,12,14-15H,2-4,9-10H2,1H3/t12?,14-/m1/s1. The van der Waals surface area contributed by atoms with Gasteiger partial charge in [-0.3, -0.25) is 0 Å². The van der Waals surface area contributed by atoms with E-state index in [-0.39, 0.29) is 6.10 Å². The van der Waals surface area contributed by atoms with Gasteiger partial charge in [0.05, 0.1) is 12.2 Å². The molecule has 2 atom stereocenters. The van der Waals surface area contributed by atoms with E-state index in [1.165, 1.54) is 17.7 Å². The minimum absolute atomic E-state index is 0.327. The largest absolute Gasteiger partial charge is 0.388 e. The van der Waals surface area contributed by atoms with E-state index in [4.69, 9.17) is 4.74 Å². The average Bonchev–Trinajstić information content (AvgIpc) is 2.89. The minimum atomic E-state index is -0.327. The highest BCUT2D eigenvalue weighted by molar-refractivity contribution is 7.99. The van der Waals surface area contributed by atoms with Crippen molar-refractivity contribution in [1.82, 2.24) is 0 Å². The van der Waals surface area contributed by atoms with E-state index in [2.05, 4.69) is 12.1 Å². The molecule has 1 aromatic rings. The van der Waals surface area contributed by atoms with Crippen LogP contribution in [0.15, 0.2) is 29.2 Å². The van der Waals surface area contributed by atoms with Crippen molar-refractivity contribution in [2.45, 2.75) is 43.3 Å². The highest BCUT2D eigenvalue weighted by Gasteiger charge is 2.15. The molecule has 1 fully saturated rings. The molecule has 1 aliphatic rings. The molecule has 1 aromatic carbocycles. The van der Waals surface area contributed by atoms with Crippen LogP contribution in [0.5, 0.6) is 0 Å². The van der Waals surface area contributed by atoms with E-state index >= 15 is 0 Å². The molecule has 0 aliphatic carbocycles. The zero-order valence-corrected chi connectivity index (χ0v) is 11.1. The molecular formula is C14H20O2S. The zero-order chi connectivity index (χ0) is 12.1. The number of hydrogen-bond donors (Lipinski definition) is 1. The third kappa shape index (κ3) is 3.73. The third-order valence-electron chi connectivity index (χ3n) is 3.11. The van der Waals surface area contributed by atoms with Gasteiger partial charge in [0.25, 0.3) is 0 Å². The van der Waals surface area contributed by atoms with Crippen LogP contribution in [0.2, 0.25) is 0 Å². The van der Waals surface area contributed by atoms with E-state index in [0.29, 0.717) is 6.10 Å². The summed E-state index contributed by atoms with van der Waals surface area (Å²) < 4.78 is 5.59. The average molecular weight is 252 g/mol. The summed E-state index contributed by atoms with van der Waals surface area (Å²) in [6.45, 7) is 2.91. The van der Waals surface area contributed by atoms with Crippen LogP contribution in [-0.4, -0.2) is 23.6 Å². The summed E-state index contributed by atoms with van der Waals surface area (Å²) >= 11 is 1.84. The Hall–Kier alpha value is -0.510. The molecule has 1 N–H and O–H groups in total. The second-order valence-corrected chi connectivity index (χ2v) is 5.53. The Kier molecular flexibility index (Phi) is 4.89. The Bertz CT molecular complexity index is 331. The SMILES string of the molecule is CC[C@@H](O)c1ccc(SCC2CCCO2)cc1. The number of rotatable bonds is 5. The normalized spacial score (nSPS) is 21.6. The Morgan fingerprint density at radius 2 is 2.18 bits per heavy atom. The topological polar surface area (TPSA) is 29.5 Å². The van der Waals surface area contributed by atoms with Crippen LogP contribution < -0.4 is 0 Å². The monoisotopic (exact) mass is 252 g/mol. The van der Waals surface area contributed by atoms with Gasteiger partial charge in [-0.25, -0.2) is 0 Å². The van der Waals surface area contributed by atoms with Crippen LogP contribution in [0, 0.1) is 0 Å². The number of hydrogen-bond acceptors (Lipinski definition) is 3. The third-order valence-corrected chi connectivity index (χ3v) is 4.26. The Morgan fingerprint density at radius 1 is 1.41 bits per heavy atom. The number of ether oxygens (including phenoxy) is 1. The summed E-state index contributed by atoms with van der Waals surface area (Å²) in [6.07, 6.45) is 3.27. The molecule has 1 aliphatic heterocycles. The molecule has 0 spiro atoms. The second kappa shape index (κ2) is 6.43. The summed E-state index contributed by atoms with van der Waals surface area (Å²) in [6, 6.07) is 8.22. The Morgan fingerprint density at radius 3 is 2.76 bits per heavy atom. The van der Waals surface area contributed by atoms with Crippen LogP contribution >= 0.6 is 11.8 Å². The molecule has 2 nitrogen and oxygen atoms in total. The van der Waals surface area contributed by atoms with Gasteiger partial charge >= 0.3 is 0 Å². The maximum atomic E-state index is 9.70. The fraction of sp³-hybridized carbons (Fsp3) is 0.571. The van der Waals surface area contributed by atoms with Crippen molar-refractivity contribution in [3.63, 3.8) is 0 Å². The summed E-state index contributed by atoms with van der Waals surface area (Å²) in [5.41, 5.74) is 1.01. The number of aliphatic hydroxyl groups excluding tert-OH is 1. The summed E-state index contributed by atoms with van der Waals surface area (Å²) in [4.78, 5) is 1.26. The molecule has 0 radical (unpaired) electrons. The van der Waals surface area contributed by atoms with Crippen molar-refractivity contribution in [1.29, 1.82) is 0 Å². The lowest BCUT2D eigenvalue weighted by atomic mass is 10.1. The van der Waals surface area contributed by atoms with Crippen molar-refractivity contribution in [3.05, 3.63) is 29.8 Å². The maximum absolute atomic E-state index is 9.70. The lowest BCUT2D eigenvalue weighted by molar-refractivity contribution is 0.129. The van der Waals surface area contributed by atoms with Crippen LogP contribution in [0.4, 0.5) is 0 Å². The van der Waals surface area contributed by atoms with Gasteiger partial charge in [0.1, 0.15) is 0 Å². The van der Waals surface area contributed by atoms with Crippen molar-refractivity contribution >= 4 is 11.8 Å². The molecule has 0 amide bonds. The molecule has 3 heteroatoms. The smallest absolute Gasteiger partial charge is 0.0787 e. The van der Waals surface area contributed by atoms with Crippen LogP contribution in [0.1, 0.15) is 37.9 Å². The molecule has 0 aromatic heterocycles. The molecule has 0 saturated carbocycles. The van der Waals surface area contributed by atoms with E-state index in [1.54, 1.807) is 0 Å². The fourth-order valence-corrected chi connectivity index (χ4v) is 2.96. The van der Waals surface area contributed by atoms with E-state index in [1.807, 2.05) is 30.8 Å². The Balaban J connectivity index is 1.84. The van der Waals surface area contributed by atoms with Crippen LogP contribution in [-0.2, 0) is 4.74 Å². The number of thioether (sulfide) groups is 1. The van der Waals surface area contributed by atoms with Crippen molar-refractivity contribution in [3.8, 4) is 0 Å². The molecule has 0 bridgehead atoms. The van der Waals surface area contributed by atoms with Gasteiger partial charge in [0, 0.05) is 17.3 Å². The van der Waals surface area contributed by atoms with Gasteiger partial charge < -0.3 is 9.84 Å². The van der Waals surface area contributed by atoms with Gasteiger partial charge in [-0.1, -0.05) is 19.1 Å². The zero-order valence-electron chi connectivity index (χ0n) is 10.3. The minimum Gasteiger partial charge on any atom is -0.388 e. The number of benzene rings is 1. The van der Waals surface area contributed by atoms with E-state index in [0.717, 1.165) is 24.3 Å². The van der Waals surface area contributed by atoms with Gasteiger partial charge in [-0.05, 0) is 37.0 Å². The molecule has 17 heavy (non-hydrogen) atoms. The predicted molar refractivity (Wildman–Crippen MR) is 71.4 cm³/mol. The van der Waals surface area contributed by atoms with Crippen LogP contribution in [0.25, 0.3) is 0 Å². The van der Waals surface area contributed by atoms with Gasteiger partial charge in [0.2, 0.25) is 0 Å². The maximum Gasteiger partial charge on any atom is 0.0787 e. The highest BCUT2D eigenvalue weighted by Crippen LogP contribution is 2.25. The second-order valence-electron chi connectivity index (χ2n) is 4.44. The first kappa shape index (κ1) is 12.9.